The van der Waals surface area contributed by atoms with Crippen molar-refractivity contribution < 1.29 is 23.9 Å². The summed E-state index contributed by atoms with van der Waals surface area (Å²) in [6.45, 7) is 2.99. The Bertz CT molecular complexity index is 668. The Morgan fingerprint density at radius 2 is 1.77 bits per heavy atom. The Morgan fingerprint density at radius 3 is 2.32 bits per heavy atom. The molecule has 0 saturated carbocycles. The fraction of sp³-hybridized carbons (Fsp3) is 0.333. The first-order valence-electron chi connectivity index (χ1n) is 6.75. The summed E-state index contributed by atoms with van der Waals surface area (Å²) in [6.07, 6.45) is 0. The number of ketones is 1. The van der Waals surface area contributed by atoms with Gasteiger partial charge in [0.15, 0.2) is 5.78 Å². The van der Waals surface area contributed by atoms with Crippen LogP contribution in [0.4, 0.5) is 4.79 Å². The number of urea groups is 1. The summed E-state index contributed by atoms with van der Waals surface area (Å²) in [5.41, 5.74) is 1.11. The van der Waals surface area contributed by atoms with E-state index in [1.807, 2.05) is 6.92 Å². The molecule has 0 aliphatic carbocycles. The molecule has 1 fully saturated rings. The van der Waals surface area contributed by atoms with Crippen molar-refractivity contribution in [2.75, 3.05) is 20.2 Å². The summed E-state index contributed by atoms with van der Waals surface area (Å²) in [5.74, 6) is -2.00. The van der Waals surface area contributed by atoms with E-state index in [1.165, 1.54) is 7.11 Å². The van der Waals surface area contributed by atoms with Crippen LogP contribution >= 0.6 is 0 Å². The van der Waals surface area contributed by atoms with Gasteiger partial charge >= 0.3 is 17.8 Å². The van der Waals surface area contributed by atoms with E-state index >= 15 is 0 Å². The summed E-state index contributed by atoms with van der Waals surface area (Å²) in [7, 11) is 1.43. The zero-order valence-electron chi connectivity index (χ0n) is 12.6. The van der Waals surface area contributed by atoms with Crippen molar-refractivity contribution in [2.45, 2.75) is 13.8 Å². The number of hydrogen-bond donors (Lipinski definition) is 0. The average molecular weight is 304 g/mol. The second kappa shape index (κ2) is 5.97. The number of hydrogen-bond acceptors (Lipinski definition) is 5. The molecule has 116 valence electrons. The molecular formula is C15H16N2O5. The van der Waals surface area contributed by atoms with Gasteiger partial charge in [-0.3, -0.25) is 19.3 Å². The predicted molar refractivity (Wildman–Crippen MR) is 76.6 cm³/mol. The largest absolute Gasteiger partial charge is 0.496 e. The second-order valence-electron chi connectivity index (χ2n) is 4.85. The monoisotopic (exact) mass is 304 g/mol. The van der Waals surface area contributed by atoms with Gasteiger partial charge < -0.3 is 4.74 Å². The van der Waals surface area contributed by atoms with E-state index in [0.29, 0.717) is 10.6 Å². The fourth-order valence-electron chi connectivity index (χ4n) is 2.24. The van der Waals surface area contributed by atoms with Crippen molar-refractivity contribution in [3.63, 3.8) is 0 Å². The lowest BCUT2D eigenvalue weighted by atomic mass is 10.1. The van der Waals surface area contributed by atoms with Gasteiger partial charge in [0.1, 0.15) is 5.75 Å². The number of likely N-dealkylation sites (N-methyl/N-ethyl adjacent to an activating group) is 1. The lowest BCUT2D eigenvalue weighted by Gasteiger charge is -2.14. The van der Waals surface area contributed by atoms with Crippen LogP contribution < -0.4 is 4.74 Å². The molecule has 0 radical (unpaired) electrons. The number of ether oxygens (including phenoxy) is 1. The van der Waals surface area contributed by atoms with Crippen LogP contribution in [0.3, 0.4) is 0 Å². The number of nitrogens with zero attached hydrogens (tertiary/aromatic N) is 2. The molecule has 4 amide bonds. The van der Waals surface area contributed by atoms with Gasteiger partial charge in [0.05, 0.1) is 19.2 Å². The van der Waals surface area contributed by atoms with Crippen LogP contribution in [0.1, 0.15) is 22.8 Å². The SMILES string of the molecule is CCN1C(=O)C(=O)N(CC(=O)c2cc(C)ccc2OC)C1=O. The van der Waals surface area contributed by atoms with Crippen molar-refractivity contribution in [1.82, 2.24) is 9.80 Å². The Morgan fingerprint density at radius 1 is 1.14 bits per heavy atom. The van der Waals surface area contributed by atoms with Crippen molar-refractivity contribution >= 4 is 23.6 Å². The van der Waals surface area contributed by atoms with E-state index in [2.05, 4.69) is 0 Å². The van der Waals surface area contributed by atoms with Crippen molar-refractivity contribution in [1.29, 1.82) is 0 Å². The Kier molecular flexibility index (Phi) is 4.25. The molecule has 0 unspecified atom stereocenters. The molecule has 1 saturated heterocycles. The minimum atomic E-state index is -0.980. The molecule has 1 aromatic carbocycles. The van der Waals surface area contributed by atoms with Gasteiger partial charge in [-0.2, -0.15) is 0 Å². The molecule has 0 aromatic heterocycles. The van der Waals surface area contributed by atoms with Gasteiger partial charge in [-0.1, -0.05) is 11.6 Å². The first kappa shape index (κ1) is 15.7. The highest BCUT2D eigenvalue weighted by atomic mass is 16.5. The number of amides is 4. The van der Waals surface area contributed by atoms with Crippen LogP contribution in [0.15, 0.2) is 18.2 Å². The van der Waals surface area contributed by atoms with Gasteiger partial charge in [-0.05, 0) is 26.0 Å². The average Bonchev–Trinajstić information content (AvgIpc) is 2.70. The lowest BCUT2D eigenvalue weighted by molar-refractivity contribution is -0.143. The zero-order chi connectivity index (χ0) is 16.4. The third-order valence-corrected chi connectivity index (χ3v) is 3.41. The maximum atomic E-state index is 12.4. The number of methoxy groups -OCH3 is 1. The van der Waals surface area contributed by atoms with Crippen LogP contribution in [0.25, 0.3) is 0 Å². The first-order chi connectivity index (χ1) is 10.4. The van der Waals surface area contributed by atoms with Crippen LogP contribution in [0.5, 0.6) is 5.75 Å². The lowest BCUT2D eigenvalue weighted by Crippen LogP contribution is -2.37. The molecular weight excluding hydrogens is 288 g/mol. The van der Waals surface area contributed by atoms with E-state index in [4.69, 9.17) is 4.74 Å². The number of carbonyl (C=O) groups is 4. The van der Waals surface area contributed by atoms with Crippen molar-refractivity contribution in [2.24, 2.45) is 0 Å². The fourth-order valence-corrected chi connectivity index (χ4v) is 2.24. The smallest absolute Gasteiger partial charge is 0.334 e. The first-order valence-corrected chi connectivity index (χ1v) is 6.75. The molecule has 1 aromatic rings. The highest BCUT2D eigenvalue weighted by Gasteiger charge is 2.44. The number of benzene rings is 1. The number of imide groups is 2. The zero-order valence-corrected chi connectivity index (χ0v) is 12.6. The van der Waals surface area contributed by atoms with Crippen LogP contribution in [0, 0.1) is 6.92 Å². The van der Waals surface area contributed by atoms with Crippen LogP contribution in [0.2, 0.25) is 0 Å². The molecule has 7 nitrogen and oxygen atoms in total. The molecule has 1 aliphatic heterocycles. The van der Waals surface area contributed by atoms with Gasteiger partial charge in [-0.15, -0.1) is 0 Å². The Labute approximate surface area is 127 Å². The summed E-state index contributed by atoms with van der Waals surface area (Å²) in [4.78, 5) is 49.2. The molecule has 22 heavy (non-hydrogen) atoms. The minimum absolute atomic E-state index is 0.0852. The molecule has 7 heteroatoms. The second-order valence-corrected chi connectivity index (χ2v) is 4.85. The number of rotatable bonds is 5. The normalized spacial score (nSPS) is 14.8. The molecule has 0 bridgehead atoms. The molecule has 1 aliphatic rings. The topological polar surface area (TPSA) is 84.0 Å². The maximum Gasteiger partial charge on any atom is 0.334 e. The van der Waals surface area contributed by atoms with E-state index in [9.17, 15) is 19.2 Å². The highest BCUT2D eigenvalue weighted by Crippen LogP contribution is 2.21. The predicted octanol–water partition coefficient (Wildman–Crippen LogP) is 0.997. The van der Waals surface area contributed by atoms with Crippen LogP contribution in [-0.2, 0) is 9.59 Å². The summed E-state index contributed by atoms with van der Waals surface area (Å²) < 4.78 is 5.12. The summed E-state index contributed by atoms with van der Waals surface area (Å²) >= 11 is 0. The third kappa shape index (κ3) is 2.57. The van der Waals surface area contributed by atoms with Crippen molar-refractivity contribution in [3.05, 3.63) is 29.3 Å². The Balaban J connectivity index is 2.26. The quantitative estimate of drug-likeness (QED) is 0.460. The molecule has 0 N–H and O–H groups in total. The maximum absolute atomic E-state index is 12.4. The number of Topliss-reactive ketones (excluding diaryl/α,β-unsaturated/α-hetero) is 1. The van der Waals surface area contributed by atoms with E-state index < -0.39 is 30.2 Å². The third-order valence-electron chi connectivity index (χ3n) is 3.41. The number of carbonyl (C=O) groups excluding carboxylic acids is 4. The van der Waals surface area contributed by atoms with Gasteiger partial charge in [0.25, 0.3) is 0 Å². The molecule has 1 heterocycles. The minimum Gasteiger partial charge on any atom is -0.496 e. The van der Waals surface area contributed by atoms with Crippen LogP contribution in [-0.4, -0.2) is 53.6 Å². The van der Waals surface area contributed by atoms with Gasteiger partial charge in [0, 0.05) is 6.54 Å². The van der Waals surface area contributed by atoms with Gasteiger partial charge in [-0.25, -0.2) is 9.69 Å². The van der Waals surface area contributed by atoms with E-state index in [1.54, 1.807) is 25.1 Å². The number of aryl methyl sites for hydroxylation is 1. The van der Waals surface area contributed by atoms with Crippen molar-refractivity contribution in [3.8, 4) is 5.75 Å². The Hall–Kier alpha value is -2.70. The standard InChI is InChI=1S/C15H16N2O5/c1-4-16-13(19)14(20)17(15(16)21)8-11(18)10-7-9(2)5-6-12(10)22-3/h5-7H,4,8H2,1-3H3. The molecule has 0 atom stereocenters. The van der Waals surface area contributed by atoms with E-state index in [0.717, 1.165) is 10.5 Å². The molecule has 2 rings (SSSR count). The highest BCUT2D eigenvalue weighted by molar-refractivity contribution is 6.45. The molecule has 0 spiro atoms. The van der Waals surface area contributed by atoms with E-state index in [-0.39, 0.29) is 12.1 Å². The van der Waals surface area contributed by atoms with Gasteiger partial charge in [0.2, 0.25) is 0 Å². The summed E-state index contributed by atoms with van der Waals surface area (Å²) in [6, 6.07) is 4.27. The summed E-state index contributed by atoms with van der Waals surface area (Å²) in [5, 5.41) is 0.